The number of thiophene rings is 1. The van der Waals surface area contributed by atoms with Crippen molar-refractivity contribution in [3.63, 3.8) is 0 Å². The van der Waals surface area contributed by atoms with Gasteiger partial charge in [0.1, 0.15) is 6.04 Å². The molecule has 180 valence electrons. The van der Waals surface area contributed by atoms with E-state index in [1.807, 2.05) is 4.90 Å². The van der Waals surface area contributed by atoms with Gasteiger partial charge in [-0.2, -0.15) is 5.10 Å². The number of halogens is 1. The largest absolute Gasteiger partial charge is 0.416 e. The first kappa shape index (κ1) is 24.5. The summed E-state index contributed by atoms with van der Waals surface area (Å²) in [5, 5.41) is 16.4. The molecule has 0 bridgehead atoms. The van der Waals surface area contributed by atoms with E-state index in [-0.39, 0.29) is 5.69 Å². The second kappa shape index (κ2) is 10.8. The number of hydrogen-bond donors (Lipinski definition) is 1. The fraction of sp³-hybridized carbons (Fsp3) is 0.208. The lowest BCUT2D eigenvalue weighted by molar-refractivity contribution is -0.384. The topological polar surface area (TPSA) is 114 Å². The van der Waals surface area contributed by atoms with E-state index in [0.717, 1.165) is 10.4 Å². The number of hydrogen-bond acceptors (Lipinski definition) is 8. The third-order valence-electron chi connectivity index (χ3n) is 5.41. The molecule has 2 heterocycles. The van der Waals surface area contributed by atoms with Crippen LogP contribution in [0.5, 0.6) is 5.06 Å². The SMILES string of the molecule is CC(=O)Oc1cc2c(s1)CCN(C(C(=O)N/N=C/c1ccccc1Cl)c1cccc([N+](=O)[O-])c1)C2. The Labute approximate surface area is 210 Å². The summed E-state index contributed by atoms with van der Waals surface area (Å²) >= 11 is 7.55. The maximum absolute atomic E-state index is 13.3. The number of nitro benzene ring substituents is 1. The van der Waals surface area contributed by atoms with Crippen LogP contribution in [0.25, 0.3) is 0 Å². The minimum Gasteiger partial charge on any atom is -0.416 e. The zero-order valence-corrected chi connectivity index (χ0v) is 20.2. The van der Waals surface area contributed by atoms with E-state index in [4.69, 9.17) is 16.3 Å². The van der Waals surface area contributed by atoms with Gasteiger partial charge < -0.3 is 4.74 Å². The van der Waals surface area contributed by atoms with Gasteiger partial charge in [-0.05, 0) is 29.7 Å². The molecule has 0 radical (unpaired) electrons. The lowest BCUT2D eigenvalue weighted by Crippen LogP contribution is -2.41. The second-order valence-corrected chi connectivity index (χ2v) is 9.34. The highest BCUT2D eigenvalue weighted by atomic mass is 35.5. The molecule has 9 nitrogen and oxygen atoms in total. The summed E-state index contributed by atoms with van der Waals surface area (Å²) in [5.74, 6) is -0.835. The van der Waals surface area contributed by atoms with Crippen molar-refractivity contribution in [3.8, 4) is 5.06 Å². The normalized spacial score (nSPS) is 14.3. The van der Waals surface area contributed by atoms with Crippen LogP contribution in [0.4, 0.5) is 5.69 Å². The minimum atomic E-state index is -0.830. The van der Waals surface area contributed by atoms with Gasteiger partial charge in [0.05, 0.1) is 11.1 Å². The molecule has 1 aliphatic heterocycles. The molecule has 1 amide bonds. The van der Waals surface area contributed by atoms with Gasteiger partial charge in [0.15, 0.2) is 5.06 Å². The molecular formula is C24H21ClN4O5S. The van der Waals surface area contributed by atoms with Gasteiger partial charge in [-0.3, -0.25) is 24.6 Å². The number of amides is 1. The molecule has 0 saturated heterocycles. The molecule has 4 rings (SSSR count). The fourth-order valence-electron chi connectivity index (χ4n) is 3.88. The van der Waals surface area contributed by atoms with Crippen molar-refractivity contribution in [2.75, 3.05) is 6.54 Å². The number of carbonyl (C=O) groups is 2. The predicted molar refractivity (Wildman–Crippen MR) is 133 cm³/mol. The number of benzene rings is 2. The quantitative estimate of drug-likeness (QED) is 0.216. The van der Waals surface area contributed by atoms with Crippen molar-refractivity contribution < 1.29 is 19.2 Å². The highest BCUT2D eigenvalue weighted by Crippen LogP contribution is 2.36. The van der Waals surface area contributed by atoms with Crippen LogP contribution in [-0.4, -0.2) is 34.5 Å². The van der Waals surface area contributed by atoms with Crippen molar-refractivity contribution in [2.45, 2.75) is 25.9 Å². The Morgan fingerprint density at radius 3 is 2.80 bits per heavy atom. The predicted octanol–water partition coefficient (Wildman–Crippen LogP) is 4.48. The lowest BCUT2D eigenvalue weighted by Gasteiger charge is -2.33. The zero-order valence-electron chi connectivity index (χ0n) is 18.6. The molecule has 1 unspecified atom stereocenters. The summed E-state index contributed by atoms with van der Waals surface area (Å²) in [7, 11) is 0. The van der Waals surface area contributed by atoms with Crippen LogP contribution in [0.3, 0.4) is 0 Å². The van der Waals surface area contributed by atoms with Crippen LogP contribution >= 0.6 is 22.9 Å². The van der Waals surface area contributed by atoms with Crippen molar-refractivity contribution in [2.24, 2.45) is 5.10 Å². The molecule has 1 aliphatic rings. The number of hydrazone groups is 1. The lowest BCUT2D eigenvalue weighted by atomic mass is 10.00. The van der Waals surface area contributed by atoms with Crippen LogP contribution in [0.1, 0.15) is 34.5 Å². The summed E-state index contributed by atoms with van der Waals surface area (Å²) in [5.41, 5.74) is 4.50. The summed E-state index contributed by atoms with van der Waals surface area (Å²) in [6, 6.07) is 14.1. The Morgan fingerprint density at radius 1 is 1.26 bits per heavy atom. The van der Waals surface area contributed by atoms with Gasteiger partial charge in [0.25, 0.3) is 11.6 Å². The molecular weight excluding hydrogens is 492 g/mol. The third-order valence-corrected chi connectivity index (χ3v) is 6.87. The number of rotatable bonds is 7. The van der Waals surface area contributed by atoms with E-state index in [1.54, 1.807) is 42.5 Å². The van der Waals surface area contributed by atoms with E-state index in [1.165, 1.54) is 36.6 Å². The monoisotopic (exact) mass is 512 g/mol. The van der Waals surface area contributed by atoms with Crippen molar-refractivity contribution >= 4 is 46.7 Å². The molecule has 1 N–H and O–H groups in total. The molecule has 1 atom stereocenters. The van der Waals surface area contributed by atoms with Crippen LogP contribution in [0.2, 0.25) is 5.02 Å². The first-order valence-corrected chi connectivity index (χ1v) is 11.9. The van der Waals surface area contributed by atoms with E-state index in [2.05, 4.69) is 10.5 Å². The average Bonchev–Trinajstić information content (AvgIpc) is 3.21. The smallest absolute Gasteiger partial charge is 0.308 e. The molecule has 2 aromatic carbocycles. The molecule has 0 fully saturated rings. The third kappa shape index (κ3) is 5.91. The number of nitrogens with zero attached hydrogens (tertiary/aromatic N) is 3. The Morgan fingerprint density at radius 2 is 2.06 bits per heavy atom. The highest BCUT2D eigenvalue weighted by molar-refractivity contribution is 7.14. The molecule has 0 saturated carbocycles. The Hall–Kier alpha value is -3.60. The van der Waals surface area contributed by atoms with E-state index in [0.29, 0.717) is 40.7 Å². The van der Waals surface area contributed by atoms with Crippen molar-refractivity contribution in [3.05, 3.63) is 91.3 Å². The molecule has 11 heteroatoms. The summed E-state index contributed by atoms with van der Waals surface area (Å²) in [6.07, 6.45) is 2.09. The fourth-order valence-corrected chi connectivity index (χ4v) is 5.12. The van der Waals surface area contributed by atoms with Crippen molar-refractivity contribution in [1.82, 2.24) is 10.3 Å². The maximum Gasteiger partial charge on any atom is 0.308 e. The number of carbonyl (C=O) groups excluding carboxylic acids is 2. The maximum atomic E-state index is 13.3. The van der Waals surface area contributed by atoms with Gasteiger partial charge >= 0.3 is 5.97 Å². The number of fused-ring (bicyclic) bond motifs is 1. The Balaban J connectivity index is 1.60. The van der Waals surface area contributed by atoms with Gasteiger partial charge in [-0.15, -0.1) is 11.3 Å². The van der Waals surface area contributed by atoms with E-state index < -0.39 is 22.8 Å². The number of ether oxygens (including phenoxy) is 1. The van der Waals surface area contributed by atoms with E-state index in [9.17, 15) is 19.7 Å². The van der Waals surface area contributed by atoms with Crippen LogP contribution in [0.15, 0.2) is 59.7 Å². The number of esters is 1. The molecule has 0 spiro atoms. The van der Waals surface area contributed by atoms with Crippen molar-refractivity contribution in [1.29, 1.82) is 0 Å². The van der Waals surface area contributed by atoms with Crippen LogP contribution in [0, 0.1) is 10.1 Å². The summed E-state index contributed by atoms with van der Waals surface area (Å²) < 4.78 is 5.22. The van der Waals surface area contributed by atoms with Gasteiger partial charge in [-0.25, -0.2) is 5.43 Å². The van der Waals surface area contributed by atoms with Crippen LogP contribution in [-0.2, 0) is 22.6 Å². The second-order valence-electron chi connectivity index (χ2n) is 7.84. The Bertz CT molecular complexity index is 1310. The first-order chi connectivity index (χ1) is 16.8. The molecule has 1 aromatic heterocycles. The average molecular weight is 513 g/mol. The van der Waals surface area contributed by atoms with Gasteiger partial charge in [-0.1, -0.05) is 41.9 Å². The molecule has 0 aliphatic carbocycles. The Kier molecular flexibility index (Phi) is 7.54. The number of non-ortho nitro benzene ring substituents is 1. The minimum absolute atomic E-state index is 0.106. The summed E-state index contributed by atoms with van der Waals surface area (Å²) in [4.78, 5) is 38.5. The van der Waals surface area contributed by atoms with Gasteiger partial charge in [0.2, 0.25) is 0 Å². The summed E-state index contributed by atoms with van der Waals surface area (Å²) in [6.45, 7) is 2.28. The number of nitro groups is 1. The standard InChI is InChI=1S/C24H21ClN4O5S/c1-15(30)34-22-12-18-14-28(10-9-21(18)35-22)23(16-6-4-7-19(11-16)29(32)33)24(31)27-26-13-17-5-2-3-8-20(17)25/h2-8,11-13,23H,9-10,14H2,1H3,(H,27,31)/b26-13+. The first-order valence-electron chi connectivity index (χ1n) is 10.7. The van der Waals surface area contributed by atoms with Crippen LogP contribution < -0.4 is 10.2 Å². The molecule has 3 aromatic rings. The highest BCUT2D eigenvalue weighted by Gasteiger charge is 2.32. The van der Waals surface area contributed by atoms with Gasteiger partial charge in [0, 0.05) is 47.6 Å². The molecule has 35 heavy (non-hydrogen) atoms. The number of nitrogens with one attached hydrogen (secondary N) is 1. The zero-order chi connectivity index (χ0) is 24.9. The van der Waals surface area contributed by atoms with E-state index >= 15 is 0 Å².